The van der Waals surface area contributed by atoms with Crippen LogP contribution in [-0.2, 0) is 9.53 Å². The van der Waals surface area contributed by atoms with Crippen molar-refractivity contribution in [1.82, 2.24) is 4.90 Å². The zero-order valence-electron chi connectivity index (χ0n) is 8.12. The molecule has 15 heavy (non-hydrogen) atoms. The van der Waals surface area contributed by atoms with Crippen LogP contribution in [0.5, 0.6) is 0 Å². The third kappa shape index (κ3) is 2.77. The molecule has 1 atom stereocenters. The second kappa shape index (κ2) is 5.47. The molecule has 1 heterocycles. The minimum atomic E-state index is -0.690. The topological polar surface area (TPSA) is 95.4 Å². The summed E-state index contributed by atoms with van der Waals surface area (Å²) in [7, 11) is 0. The monoisotopic (exact) mass is 230 g/mol. The van der Waals surface area contributed by atoms with E-state index >= 15 is 0 Å². The van der Waals surface area contributed by atoms with E-state index in [1.54, 1.807) is 6.92 Å². The van der Waals surface area contributed by atoms with Gasteiger partial charge in [-0.25, -0.2) is 4.79 Å². The molecule has 0 aromatic rings. The van der Waals surface area contributed by atoms with Gasteiger partial charge in [0.05, 0.1) is 12.5 Å². The van der Waals surface area contributed by atoms with Crippen LogP contribution < -0.4 is 0 Å². The summed E-state index contributed by atoms with van der Waals surface area (Å²) in [5.41, 5.74) is 8.12. The largest absolute Gasteiger partial charge is 0.450 e. The van der Waals surface area contributed by atoms with Crippen LogP contribution in [0.2, 0.25) is 0 Å². The zero-order valence-corrected chi connectivity index (χ0v) is 8.94. The maximum absolute atomic E-state index is 11.4. The maximum atomic E-state index is 11.4. The molecular formula is C7H10N4O3S. The predicted octanol–water partition coefficient (Wildman–Crippen LogP) is 1.35. The van der Waals surface area contributed by atoms with E-state index in [1.165, 1.54) is 16.7 Å². The van der Waals surface area contributed by atoms with Gasteiger partial charge in [0.1, 0.15) is 6.04 Å². The molecule has 1 fully saturated rings. The summed E-state index contributed by atoms with van der Waals surface area (Å²) in [4.78, 5) is 26.3. The fourth-order valence-corrected chi connectivity index (χ4v) is 2.28. The SMILES string of the molecule is CCOC(=O)N1CSC[C@H]1C(=O)N=[N+]=[N-]. The van der Waals surface area contributed by atoms with Crippen LogP contribution in [0.25, 0.3) is 10.4 Å². The van der Waals surface area contributed by atoms with Crippen molar-refractivity contribution in [1.29, 1.82) is 0 Å². The minimum Gasteiger partial charge on any atom is -0.450 e. The number of hydrogen-bond donors (Lipinski definition) is 0. The van der Waals surface area contributed by atoms with Gasteiger partial charge in [-0.05, 0) is 17.6 Å². The van der Waals surface area contributed by atoms with Crippen molar-refractivity contribution in [3.05, 3.63) is 10.4 Å². The molecule has 0 N–H and O–H groups in total. The summed E-state index contributed by atoms with van der Waals surface area (Å²) < 4.78 is 4.77. The van der Waals surface area contributed by atoms with Crippen LogP contribution in [0.15, 0.2) is 5.11 Å². The van der Waals surface area contributed by atoms with Crippen molar-refractivity contribution in [2.45, 2.75) is 13.0 Å². The highest BCUT2D eigenvalue weighted by Gasteiger charge is 2.34. The molecule has 0 unspecified atom stereocenters. The van der Waals surface area contributed by atoms with Crippen molar-refractivity contribution in [2.24, 2.45) is 5.11 Å². The standard InChI is InChI=1S/C7H10N4O3S/c1-2-14-7(13)11-4-15-3-5(11)6(12)9-10-8/h5H,2-4H2,1H3/t5-/m0/s1. The van der Waals surface area contributed by atoms with Crippen molar-refractivity contribution >= 4 is 23.8 Å². The van der Waals surface area contributed by atoms with Gasteiger partial charge >= 0.3 is 6.09 Å². The van der Waals surface area contributed by atoms with E-state index in [4.69, 9.17) is 10.3 Å². The lowest BCUT2D eigenvalue weighted by atomic mass is 10.3. The van der Waals surface area contributed by atoms with Gasteiger partial charge in [0.25, 0.3) is 0 Å². The lowest BCUT2D eigenvalue weighted by molar-refractivity contribution is -0.121. The Morgan fingerprint density at radius 3 is 3.07 bits per heavy atom. The highest BCUT2D eigenvalue weighted by Crippen LogP contribution is 2.22. The van der Waals surface area contributed by atoms with Crippen LogP contribution in [0.1, 0.15) is 6.92 Å². The van der Waals surface area contributed by atoms with Crippen LogP contribution in [0.3, 0.4) is 0 Å². The average molecular weight is 230 g/mol. The van der Waals surface area contributed by atoms with Crippen LogP contribution in [0.4, 0.5) is 4.79 Å². The van der Waals surface area contributed by atoms with E-state index in [2.05, 4.69) is 10.0 Å². The Morgan fingerprint density at radius 1 is 1.73 bits per heavy atom. The first-order valence-electron chi connectivity index (χ1n) is 4.30. The molecule has 0 bridgehead atoms. The summed E-state index contributed by atoms with van der Waals surface area (Å²) in [6, 6.07) is -0.690. The number of carbonyl (C=O) groups excluding carboxylic acids is 2. The third-order valence-electron chi connectivity index (χ3n) is 1.81. The van der Waals surface area contributed by atoms with E-state index in [0.29, 0.717) is 11.6 Å². The Morgan fingerprint density at radius 2 is 2.47 bits per heavy atom. The molecule has 0 aromatic heterocycles. The van der Waals surface area contributed by atoms with Gasteiger partial charge in [-0.2, -0.15) is 0 Å². The number of azide groups is 1. The number of thioether (sulfide) groups is 1. The zero-order chi connectivity index (χ0) is 11.3. The Bertz CT molecular complexity index is 315. The lowest BCUT2D eigenvalue weighted by Crippen LogP contribution is -2.41. The van der Waals surface area contributed by atoms with Crippen molar-refractivity contribution in [2.75, 3.05) is 18.2 Å². The van der Waals surface area contributed by atoms with Crippen LogP contribution >= 0.6 is 11.8 Å². The molecule has 0 aliphatic carbocycles. The maximum Gasteiger partial charge on any atom is 0.411 e. The molecule has 0 aromatic carbocycles. The first kappa shape index (κ1) is 11.7. The minimum absolute atomic E-state index is 0.252. The Hall–Kier alpha value is -1.40. The van der Waals surface area contributed by atoms with Crippen molar-refractivity contribution in [3.8, 4) is 0 Å². The van der Waals surface area contributed by atoms with Crippen molar-refractivity contribution in [3.63, 3.8) is 0 Å². The second-order valence-electron chi connectivity index (χ2n) is 2.71. The molecule has 1 saturated heterocycles. The second-order valence-corrected chi connectivity index (χ2v) is 3.71. The number of ether oxygens (including phenoxy) is 1. The molecule has 0 saturated carbocycles. The Labute approximate surface area is 90.4 Å². The molecule has 0 spiro atoms. The summed E-state index contributed by atoms with van der Waals surface area (Å²) in [6.45, 7) is 1.94. The van der Waals surface area contributed by atoms with Crippen LogP contribution in [0, 0.1) is 0 Å². The molecule has 2 amide bonds. The van der Waals surface area contributed by atoms with E-state index in [-0.39, 0.29) is 6.61 Å². The summed E-state index contributed by atoms with van der Waals surface area (Å²) in [5.74, 6) is 0.183. The third-order valence-corrected chi connectivity index (χ3v) is 2.83. The van der Waals surface area contributed by atoms with Gasteiger partial charge in [-0.1, -0.05) is 0 Å². The molecule has 1 rings (SSSR count). The highest BCUT2D eigenvalue weighted by molar-refractivity contribution is 7.99. The van der Waals surface area contributed by atoms with Crippen molar-refractivity contribution < 1.29 is 14.3 Å². The molecule has 0 radical (unpaired) electrons. The normalized spacial score (nSPS) is 19.5. The number of nitrogens with zero attached hydrogens (tertiary/aromatic N) is 4. The molecule has 7 nitrogen and oxygen atoms in total. The summed E-state index contributed by atoms with van der Waals surface area (Å²) in [6.07, 6.45) is -0.547. The highest BCUT2D eigenvalue weighted by atomic mass is 32.2. The van der Waals surface area contributed by atoms with Gasteiger partial charge in [0.2, 0.25) is 5.91 Å². The summed E-state index contributed by atoms with van der Waals surface area (Å²) in [5, 5.41) is 2.98. The summed E-state index contributed by atoms with van der Waals surface area (Å²) >= 11 is 1.42. The van der Waals surface area contributed by atoms with E-state index < -0.39 is 18.0 Å². The van der Waals surface area contributed by atoms with E-state index in [0.717, 1.165) is 0 Å². The predicted molar refractivity (Wildman–Crippen MR) is 54.1 cm³/mol. The molecular weight excluding hydrogens is 220 g/mol. The number of carbonyl (C=O) groups is 2. The molecule has 1 aliphatic heterocycles. The van der Waals surface area contributed by atoms with E-state index in [1.807, 2.05) is 0 Å². The van der Waals surface area contributed by atoms with Gasteiger partial charge in [-0.3, -0.25) is 9.69 Å². The Balaban J connectivity index is 2.68. The molecule has 8 heteroatoms. The van der Waals surface area contributed by atoms with E-state index in [9.17, 15) is 9.59 Å². The quantitative estimate of drug-likeness (QED) is 0.406. The van der Waals surface area contributed by atoms with Gasteiger partial charge in [-0.15, -0.1) is 11.8 Å². The fourth-order valence-electron chi connectivity index (χ4n) is 1.14. The first-order valence-corrected chi connectivity index (χ1v) is 5.46. The van der Waals surface area contributed by atoms with Gasteiger partial charge in [0, 0.05) is 10.7 Å². The number of amides is 2. The lowest BCUT2D eigenvalue weighted by Gasteiger charge is -2.19. The first-order chi connectivity index (χ1) is 7.20. The molecule has 82 valence electrons. The molecule has 1 aliphatic rings. The van der Waals surface area contributed by atoms with Gasteiger partial charge < -0.3 is 4.74 Å². The smallest absolute Gasteiger partial charge is 0.411 e. The number of hydrogen-bond acceptors (Lipinski definition) is 4. The average Bonchev–Trinajstić information content (AvgIpc) is 2.66. The van der Waals surface area contributed by atoms with Gasteiger partial charge in [0.15, 0.2) is 0 Å². The number of rotatable bonds is 2. The van der Waals surface area contributed by atoms with Crippen LogP contribution in [-0.4, -0.2) is 41.2 Å². The Kier molecular flexibility index (Phi) is 4.26. The fraction of sp³-hybridized carbons (Fsp3) is 0.714.